The maximum absolute atomic E-state index is 12.4. The van der Waals surface area contributed by atoms with Crippen LogP contribution in [0.1, 0.15) is 24.1 Å². The molecule has 25 heavy (non-hydrogen) atoms. The third kappa shape index (κ3) is 3.09. The van der Waals surface area contributed by atoms with Crippen LogP contribution in [0.5, 0.6) is 0 Å². The van der Waals surface area contributed by atoms with E-state index >= 15 is 0 Å². The van der Waals surface area contributed by atoms with Gasteiger partial charge in [-0.3, -0.25) is 4.79 Å². The van der Waals surface area contributed by atoms with Crippen molar-refractivity contribution in [3.63, 3.8) is 0 Å². The van der Waals surface area contributed by atoms with Crippen molar-refractivity contribution in [2.75, 3.05) is 31.8 Å². The average molecular weight is 377 g/mol. The molecule has 2 aromatic rings. The summed E-state index contributed by atoms with van der Waals surface area (Å²) >= 11 is 4.06. The van der Waals surface area contributed by atoms with Gasteiger partial charge in [0.05, 0.1) is 6.61 Å². The van der Waals surface area contributed by atoms with Gasteiger partial charge in [-0.1, -0.05) is 18.2 Å². The number of carbonyl (C=O) groups is 1. The molecule has 1 amide bonds. The minimum Gasteiger partial charge on any atom is -0.383 e. The fourth-order valence-electron chi connectivity index (χ4n) is 4.10. The molecule has 0 saturated carbocycles. The van der Waals surface area contributed by atoms with E-state index in [0.29, 0.717) is 25.5 Å². The molecular weight excluding hydrogens is 352 g/mol. The van der Waals surface area contributed by atoms with Crippen LogP contribution >= 0.6 is 23.5 Å². The largest absolute Gasteiger partial charge is 0.383 e. The van der Waals surface area contributed by atoms with Crippen molar-refractivity contribution in [3.8, 4) is 0 Å². The number of ether oxygens (including phenoxy) is 1. The number of hydrogen-bond donors (Lipinski definition) is 2. The summed E-state index contributed by atoms with van der Waals surface area (Å²) in [7, 11) is 1.66. The molecule has 1 unspecified atom stereocenters. The van der Waals surface area contributed by atoms with E-state index in [1.54, 1.807) is 7.11 Å². The number of para-hydroxylation sites is 1. The van der Waals surface area contributed by atoms with E-state index in [1.165, 1.54) is 22.2 Å². The van der Waals surface area contributed by atoms with Crippen molar-refractivity contribution in [2.24, 2.45) is 5.92 Å². The number of hydrogen-bond acceptors (Lipinski definition) is 4. The molecule has 0 bridgehead atoms. The van der Waals surface area contributed by atoms with Gasteiger partial charge in [0, 0.05) is 48.2 Å². The van der Waals surface area contributed by atoms with Crippen molar-refractivity contribution < 1.29 is 9.53 Å². The van der Waals surface area contributed by atoms with Gasteiger partial charge in [-0.2, -0.15) is 0 Å². The highest BCUT2D eigenvalue weighted by Crippen LogP contribution is 2.61. The van der Waals surface area contributed by atoms with Crippen molar-refractivity contribution >= 4 is 40.3 Å². The van der Waals surface area contributed by atoms with Crippen LogP contribution in [-0.4, -0.2) is 42.7 Å². The molecule has 6 heteroatoms. The number of aryl methyl sites for hydroxylation is 1. The summed E-state index contributed by atoms with van der Waals surface area (Å²) in [5.41, 5.74) is 4.06. The Morgan fingerprint density at radius 3 is 2.96 bits per heavy atom. The van der Waals surface area contributed by atoms with Gasteiger partial charge in [0.1, 0.15) is 4.08 Å². The predicted octanol–water partition coefficient (Wildman–Crippen LogP) is 3.52. The lowest BCUT2D eigenvalue weighted by atomic mass is 9.83. The topological polar surface area (TPSA) is 54.1 Å². The van der Waals surface area contributed by atoms with E-state index in [1.807, 2.05) is 23.5 Å². The van der Waals surface area contributed by atoms with Gasteiger partial charge in [0.2, 0.25) is 5.91 Å². The second-order valence-electron chi connectivity index (χ2n) is 6.67. The van der Waals surface area contributed by atoms with Gasteiger partial charge in [-0.25, -0.2) is 0 Å². The number of carbonyl (C=O) groups excluding carboxylic acids is 1. The first-order chi connectivity index (χ1) is 12.2. The summed E-state index contributed by atoms with van der Waals surface area (Å²) in [4.78, 5) is 16.1. The van der Waals surface area contributed by atoms with Crippen LogP contribution in [-0.2, 0) is 20.0 Å². The van der Waals surface area contributed by atoms with Crippen LogP contribution in [0.15, 0.2) is 24.3 Å². The van der Waals surface area contributed by atoms with Crippen molar-refractivity contribution in [3.05, 3.63) is 35.5 Å². The molecule has 0 radical (unpaired) electrons. The lowest BCUT2D eigenvalue weighted by molar-refractivity contribution is -0.122. The number of aromatic nitrogens is 1. The third-order valence-corrected chi connectivity index (χ3v) is 8.93. The zero-order valence-electron chi connectivity index (χ0n) is 14.5. The summed E-state index contributed by atoms with van der Waals surface area (Å²) in [5.74, 6) is 2.82. The van der Waals surface area contributed by atoms with Crippen molar-refractivity contribution in [1.29, 1.82) is 0 Å². The number of aromatic amines is 1. The molecule has 1 aliphatic heterocycles. The molecule has 134 valence electrons. The molecular formula is C19H24N2O2S2. The monoisotopic (exact) mass is 376 g/mol. The van der Waals surface area contributed by atoms with Crippen LogP contribution in [0.3, 0.4) is 0 Å². The Kier molecular flexibility index (Phi) is 5.02. The predicted molar refractivity (Wildman–Crippen MR) is 106 cm³/mol. The molecule has 1 aromatic carbocycles. The Balaban J connectivity index is 1.63. The Morgan fingerprint density at radius 1 is 1.36 bits per heavy atom. The second-order valence-corrected chi connectivity index (χ2v) is 9.61. The molecule has 4 rings (SSSR count). The minimum absolute atomic E-state index is 0.00516. The lowest BCUT2D eigenvalue weighted by Crippen LogP contribution is -2.37. The van der Waals surface area contributed by atoms with E-state index in [2.05, 4.69) is 34.6 Å². The molecule has 1 spiro atoms. The summed E-state index contributed by atoms with van der Waals surface area (Å²) in [6.07, 6.45) is 2.73. The first-order valence-corrected chi connectivity index (χ1v) is 10.9. The lowest BCUT2D eigenvalue weighted by Gasteiger charge is -2.39. The number of rotatable bonds is 5. The zero-order chi connectivity index (χ0) is 17.3. The zero-order valence-corrected chi connectivity index (χ0v) is 16.1. The Hall–Kier alpha value is -1.11. The molecule has 1 fully saturated rings. The number of nitrogens with one attached hydrogen (secondary N) is 2. The smallest absolute Gasteiger partial charge is 0.220 e. The molecule has 1 aliphatic carbocycles. The van der Waals surface area contributed by atoms with Gasteiger partial charge in [-0.05, 0) is 30.4 Å². The number of benzene rings is 1. The molecule has 1 aromatic heterocycles. The first kappa shape index (κ1) is 17.3. The average Bonchev–Trinajstić information content (AvgIpc) is 3.24. The van der Waals surface area contributed by atoms with Gasteiger partial charge < -0.3 is 15.0 Å². The SMILES string of the molecule is COCCNC(=O)CC1CCc2c([nH]c3ccccc23)C12SCCS2. The molecule has 2 aliphatic rings. The van der Waals surface area contributed by atoms with Gasteiger partial charge in [0.25, 0.3) is 0 Å². The summed E-state index contributed by atoms with van der Waals surface area (Å²) in [6, 6.07) is 8.60. The van der Waals surface area contributed by atoms with Crippen LogP contribution in [0.25, 0.3) is 10.9 Å². The third-order valence-electron chi connectivity index (χ3n) is 5.22. The summed E-state index contributed by atoms with van der Waals surface area (Å²) in [6.45, 7) is 1.16. The highest BCUT2D eigenvalue weighted by atomic mass is 32.2. The van der Waals surface area contributed by atoms with E-state index < -0.39 is 0 Å². The van der Waals surface area contributed by atoms with Crippen LogP contribution < -0.4 is 5.32 Å². The number of methoxy groups -OCH3 is 1. The Morgan fingerprint density at radius 2 is 2.16 bits per heavy atom. The number of H-pyrrole nitrogens is 1. The van der Waals surface area contributed by atoms with Gasteiger partial charge in [-0.15, -0.1) is 23.5 Å². The first-order valence-electron chi connectivity index (χ1n) is 8.88. The maximum atomic E-state index is 12.4. The minimum atomic E-state index is 0.00516. The normalized spacial score (nSPS) is 21.6. The van der Waals surface area contributed by atoms with E-state index in [4.69, 9.17) is 4.74 Å². The Bertz CT molecular complexity index is 768. The quantitative estimate of drug-likeness (QED) is 0.784. The molecule has 1 saturated heterocycles. The molecule has 1 atom stereocenters. The van der Waals surface area contributed by atoms with Crippen molar-refractivity contribution in [1.82, 2.24) is 10.3 Å². The van der Waals surface area contributed by atoms with Crippen molar-refractivity contribution in [2.45, 2.75) is 23.3 Å². The highest BCUT2D eigenvalue weighted by Gasteiger charge is 2.49. The molecule has 4 nitrogen and oxygen atoms in total. The van der Waals surface area contributed by atoms with Crippen LogP contribution in [0.4, 0.5) is 0 Å². The van der Waals surface area contributed by atoms with Gasteiger partial charge >= 0.3 is 0 Å². The fraction of sp³-hybridized carbons (Fsp3) is 0.526. The molecule has 2 heterocycles. The maximum Gasteiger partial charge on any atom is 0.220 e. The second kappa shape index (κ2) is 7.25. The van der Waals surface area contributed by atoms with Gasteiger partial charge in [0.15, 0.2) is 0 Å². The number of fused-ring (bicyclic) bond motifs is 4. The van der Waals surface area contributed by atoms with E-state index in [-0.39, 0.29) is 9.99 Å². The van der Waals surface area contributed by atoms with E-state index in [0.717, 1.165) is 24.3 Å². The number of thioether (sulfide) groups is 2. The highest BCUT2D eigenvalue weighted by molar-refractivity contribution is 8.20. The molecule has 2 N–H and O–H groups in total. The van der Waals surface area contributed by atoms with Crippen LogP contribution in [0, 0.1) is 5.92 Å². The standard InChI is InChI=1S/C19H24N2O2S2/c1-23-9-8-20-17(22)12-13-6-7-15-14-4-2-3-5-16(14)21-18(15)19(13)24-10-11-25-19/h2-5,13,21H,6-12H2,1H3,(H,20,22). The van der Waals surface area contributed by atoms with Crippen LogP contribution in [0.2, 0.25) is 0 Å². The number of amides is 1. The fourth-order valence-corrected chi connectivity index (χ4v) is 7.72. The van der Waals surface area contributed by atoms with E-state index in [9.17, 15) is 4.79 Å². The summed E-state index contributed by atoms with van der Waals surface area (Å²) < 4.78 is 5.03. The summed E-state index contributed by atoms with van der Waals surface area (Å²) in [5, 5.41) is 4.35. The Labute approximate surface area is 156 Å².